The number of phenolic OH excluding ortho intramolecular Hbond substituents is 1. The second-order valence-electron chi connectivity index (χ2n) is 7.43. The number of nitrogens with zero attached hydrogens (tertiary/aromatic N) is 4. The number of phenols is 1. The predicted molar refractivity (Wildman–Crippen MR) is 114 cm³/mol. The van der Waals surface area contributed by atoms with E-state index in [0.717, 1.165) is 5.56 Å². The minimum Gasteiger partial charge on any atom is -0.508 e. The number of ether oxygens (including phenoxy) is 1. The number of nitrogen functional groups attached to an aromatic ring is 1. The van der Waals surface area contributed by atoms with Crippen LogP contribution in [-0.4, -0.2) is 83.1 Å². The molecule has 6 atom stereocenters. The molecule has 0 aliphatic carbocycles. The van der Waals surface area contributed by atoms with Crippen molar-refractivity contribution in [2.24, 2.45) is 0 Å². The molecule has 4 rings (SSSR count). The topological polar surface area (TPSA) is 192 Å². The molecule has 1 fully saturated rings. The third-order valence-electron chi connectivity index (χ3n) is 5.34. The van der Waals surface area contributed by atoms with Gasteiger partial charge >= 0.3 is 0 Å². The number of likely N-dealkylation sites (N-methyl/N-ethyl adjacent to an activating group) is 1. The number of imidazole rings is 1. The molecule has 1 aromatic carbocycles. The van der Waals surface area contributed by atoms with Crippen LogP contribution in [0.25, 0.3) is 11.2 Å². The minimum absolute atomic E-state index is 0.00421. The van der Waals surface area contributed by atoms with Crippen LogP contribution in [0.3, 0.4) is 0 Å². The molecule has 12 nitrogen and oxygen atoms in total. The smallest absolute Gasteiger partial charge is 0.167 e. The normalized spacial score (nSPS) is 24.7. The Balaban J connectivity index is 0.000000195. The number of nitrogens with one attached hydrogen (secondary N) is 1. The molecule has 174 valence electrons. The van der Waals surface area contributed by atoms with Gasteiger partial charge in [0.15, 0.2) is 17.7 Å². The molecule has 3 heterocycles. The highest BCUT2D eigenvalue weighted by Crippen LogP contribution is 2.31. The Morgan fingerprint density at radius 1 is 1.16 bits per heavy atom. The van der Waals surface area contributed by atoms with E-state index in [1.54, 1.807) is 31.3 Å². The van der Waals surface area contributed by atoms with E-state index in [1.807, 2.05) is 6.92 Å². The summed E-state index contributed by atoms with van der Waals surface area (Å²) in [5, 5.41) is 50.5. The summed E-state index contributed by atoms with van der Waals surface area (Å²) in [4.78, 5) is 11.9. The summed E-state index contributed by atoms with van der Waals surface area (Å²) in [7, 11) is 1.80. The highest BCUT2D eigenvalue weighted by Gasteiger charge is 2.43. The summed E-state index contributed by atoms with van der Waals surface area (Å²) in [5.74, 6) is 0.434. The van der Waals surface area contributed by atoms with Crippen molar-refractivity contribution in [3.05, 3.63) is 42.5 Å². The summed E-state index contributed by atoms with van der Waals surface area (Å²) in [6, 6.07) is 6.58. The molecule has 0 amide bonds. The Labute approximate surface area is 184 Å². The standard InChI is InChI=1S/C10H13N5O4.C10H15NO2/c11-8-5-9(13-2-12-8)15(3-14-5)10-7(18)6(17)4(1-16)19-10;1-7(11-2)10(13)8-3-5-9(12)6-4-8/h2-4,6-7,10,16-18H,1H2,(H2,11,12,13);3-7,10-13H,1-2H3. The van der Waals surface area contributed by atoms with Gasteiger partial charge in [-0.3, -0.25) is 4.57 Å². The Morgan fingerprint density at radius 3 is 2.44 bits per heavy atom. The van der Waals surface area contributed by atoms with Crippen molar-refractivity contribution in [2.45, 2.75) is 43.6 Å². The number of nitrogens with two attached hydrogens (primary N) is 1. The van der Waals surface area contributed by atoms with Crippen LogP contribution in [0.5, 0.6) is 5.75 Å². The van der Waals surface area contributed by atoms with Crippen LogP contribution in [0.15, 0.2) is 36.9 Å². The second-order valence-corrected chi connectivity index (χ2v) is 7.43. The molecular formula is C20H28N6O6. The SMILES string of the molecule is CNC(C)C(O)c1ccc(O)cc1.Nc1ncnc2c1ncn2C1OC(CO)C(O)C1O. The lowest BCUT2D eigenvalue weighted by atomic mass is 10.0. The van der Waals surface area contributed by atoms with Gasteiger partial charge in [0.1, 0.15) is 35.9 Å². The molecule has 0 bridgehead atoms. The van der Waals surface area contributed by atoms with E-state index in [9.17, 15) is 15.3 Å². The van der Waals surface area contributed by atoms with Crippen LogP contribution in [0.1, 0.15) is 24.8 Å². The van der Waals surface area contributed by atoms with Crippen LogP contribution in [0.2, 0.25) is 0 Å². The van der Waals surface area contributed by atoms with Crippen molar-refractivity contribution in [2.75, 3.05) is 19.4 Å². The molecule has 0 saturated carbocycles. The third-order valence-corrected chi connectivity index (χ3v) is 5.34. The zero-order chi connectivity index (χ0) is 23.4. The first kappa shape index (κ1) is 23.8. The van der Waals surface area contributed by atoms with Gasteiger partial charge in [0.05, 0.1) is 19.0 Å². The van der Waals surface area contributed by atoms with Crippen LogP contribution < -0.4 is 11.1 Å². The van der Waals surface area contributed by atoms with Gasteiger partial charge in [-0.25, -0.2) is 15.0 Å². The Morgan fingerprint density at radius 2 is 1.84 bits per heavy atom. The van der Waals surface area contributed by atoms with Gasteiger partial charge in [-0.1, -0.05) is 12.1 Å². The molecule has 0 spiro atoms. The first-order valence-corrected chi connectivity index (χ1v) is 9.98. The maximum atomic E-state index is 9.95. The number of aliphatic hydroxyl groups is 4. The average Bonchev–Trinajstić information content (AvgIpc) is 3.35. The van der Waals surface area contributed by atoms with Crippen molar-refractivity contribution in [3.63, 3.8) is 0 Å². The average molecular weight is 448 g/mol. The molecular weight excluding hydrogens is 420 g/mol. The van der Waals surface area contributed by atoms with Crippen molar-refractivity contribution in [3.8, 4) is 5.75 Å². The molecule has 3 aromatic rings. The zero-order valence-corrected chi connectivity index (χ0v) is 17.6. The van der Waals surface area contributed by atoms with Gasteiger partial charge in [0.2, 0.25) is 0 Å². The first-order chi connectivity index (χ1) is 15.3. The fraction of sp³-hybridized carbons (Fsp3) is 0.450. The van der Waals surface area contributed by atoms with Crippen molar-refractivity contribution >= 4 is 17.0 Å². The van der Waals surface area contributed by atoms with Gasteiger partial charge in [0, 0.05) is 6.04 Å². The van der Waals surface area contributed by atoms with Gasteiger partial charge in [-0.15, -0.1) is 0 Å². The summed E-state index contributed by atoms with van der Waals surface area (Å²) >= 11 is 0. The summed E-state index contributed by atoms with van der Waals surface area (Å²) < 4.78 is 6.85. The van der Waals surface area contributed by atoms with E-state index < -0.39 is 37.3 Å². The highest BCUT2D eigenvalue weighted by molar-refractivity contribution is 5.81. The van der Waals surface area contributed by atoms with Gasteiger partial charge < -0.3 is 41.3 Å². The number of benzene rings is 1. The molecule has 1 saturated heterocycles. The number of rotatable bonds is 5. The summed E-state index contributed by atoms with van der Waals surface area (Å²) in [6.45, 7) is 1.51. The van der Waals surface area contributed by atoms with Gasteiger partial charge in [-0.05, 0) is 31.7 Å². The second kappa shape index (κ2) is 10.2. The highest BCUT2D eigenvalue weighted by atomic mass is 16.6. The van der Waals surface area contributed by atoms with Gasteiger partial charge in [-0.2, -0.15) is 0 Å². The number of hydrogen-bond donors (Lipinski definition) is 7. The molecule has 8 N–H and O–H groups in total. The molecule has 1 aliphatic heterocycles. The summed E-state index contributed by atoms with van der Waals surface area (Å²) in [5.41, 5.74) is 7.25. The van der Waals surface area contributed by atoms with E-state index >= 15 is 0 Å². The number of aromatic hydroxyl groups is 1. The largest absolute Gasteiger partial charge is 0.508 e. The lowest BCUT2D eigenvalue weighted by Gasteiger charge is -2.18. The van der Waals surface area contributed by atoms with E-state index in [-0.39, 0.29) is 17.6 Å². The Hall–Kier alpha value is -2.87. The van der Waals surface area contributed by atoms with Gasteiger partial charge in [0.25, 0.3) is 0 Å². The van der Waals surface area contributed by atoms with Crippen LogP contribution in [-0.2, 0) is 4.74 Å². The van der Waals surface area contributed by atoms with E-state index in [2.05, 4.69) is 20.3 Å². The van der Waals surface area contributed by atoms with E-state index in [1.165, 1.54) is 17.2 Å². The van der Waals surface area contributed by atoms with E-state index in [4.69, 9.17) is 20.7 Å². The number of anilines is 1. The maximum Gasteiger partial charge on any atom is 0.167 e. The zero-order valence-electron chi connectivity index (χ0n) is 17.6. The molecule has 12 heteroatoms. The minimum atomic E-state index is -1.19. The quantitative estimate of drug-likeness (QED) is 0.255. The van der Waals surface area contributed by atoms with Crippen molar-refractivity contribution in [1.29, 1.82) is 0 Å². The van der Waals surface area contributed by atoms with Crippen LogP contribution in [0.4, 0.5) is 5.82 Å². The number of fused-ring (bicyclic) bond motifs is 1. The fourth-order valence-electron chi connectivity index (χ4n) is 3.28. The van der Waals surface area contributed by atoms with Crippen LogP contribution in [0, 0.1) is 0 Å². The first-order valence-electron chi connectivity index (χ1n) is 9.98. The van der Waals surface area contributed by atoms with Crippen molar-refractivity contribution < 1.29 is 30.3 Å². The monoisotopic (exact) mass is 448 g/mol. The summed E-state index contributed by atoms with van der Waals surface area (Å²) in [6.07, 6.45) is -1.96. The molecule has 32 heavy (non-hydrogen) atoms. The predicted octanol–water partition coefficient (Wildman–Crippen LogP) is -0.946. The molecule has 2 aromatic heterocycles. The third kappa shape index (κ3) is 4.80. The lowest BCUT2D eigenvalue weighted by molar-refractivity contribution is -0.0511. The number of aromatic nitrogens is 4. The maximum absolute atomic E-state index is 9.95. The molecule has 6 unspecified atom stereocenters. The number of hydrogen-bond acceptors (Lipinski definition) is 11. The fourth-order valence-corrected chi connectivity index (χ4v) is 3.28. The van der Waals surface area contributed by atoms with Crippen LogP contribution >= 0.6 is 0 Å². The molecule has 0 radical (unpaired) electrons. The Kier molecular flexibility index (Phi) is 7.56. The van der Waals surface area contributed by atoms with E-state index in [0.29, 0.717) is 11.2 Å². The molecule has 1 aliphatic rings. The Bertz CT molecular complexity index is 1020. The lowest BCUT2D eigenvalue weighted by Crippen LogP contribution is -2.33. The van der Waals surface area contributed by atoms with Crippen molar-refractivity contribution in [1.82, 2.24) is 24.8 Å². The number of aliphatic hydroxyl groups excluding tert-OH is 4.